The van der Waals surface area contributed by atoms with Crippen molar-refractivity contribution in [1.82, 2.24) is 0 Å². The number of rotatable bonds is 0. The Hall–Kier alpha value is -0.480. The lowest BCUT2D eigenvalue weighted by molar-refractivity contribution is -0.619. The van der Waals surface area contributed by atoms with Crippen LogP contribution in [0.2, 0.25) is 0 Å². The fraction of sp³-hybridized carbons (Fsp3) is 0. The van der Waals surface area contributed by atoms with Gasteiger partial charge in [0.15, 0.2) is 0 Å². The minimum Gasteiger partial charge on any atom is -1.00 e. The van der Waals surface area contributed by atoms with Crippen LogP contribution in [-0.2, 0) is 0 Å². The molecule has 0 saturated carbocycles. The highest BCUT2D eigenvalue weighted by Crippen LogP contribution is 1.98. The zero-order valence-electron chi connectivity index (χ0n) is 4.04. The second-order valence-electron chi connectivity index (χ2n) is 1.15. The standard InChI is InChI=1S/C3H5N3S.ClH/c4-3-6(5)1-2-7-3;/h1-2,4H,5H2;1H. The molecule has 3 nitrogen and oxygen atoms in total. The maximum Gasteiger partial charge on any atom is 0.354 e. The Morgan fingerprint density at radius 1 is 1.62 bits per heavy atom. The zero-order valence-corrected chi connectivity index (χ0v) is 5.62. The van der Waals surface area contributed by atoms with Crippen LogP contribution >= 0.6 is 11.3 Å². The van der Waals surface area contributed by atoms with Crippen molar-refractivity contribution in [3.8, 4) is 0 Å². The Morgan fingerprint density at radius 3 is 2.38 bits per heavy atom. The van der Waals surface area contributed by atoms with E-state index in [4.69, 9.17) is 11.6 Å². The lowest BCUT2D eigenvalue weighted by atomic mass is 11.0. The van der Waals surface area contributed by atoms with Gasteiger partial charge in [0.05, 0.1) is 0 Å². The number of thiazole rings is 1. The van der Waals surface area contributed by atoms with Crippen molar-refractivity contribution in [3.63, 3.8) is 0 Å². The van der Waals surface area contributed by atoms with Crippen molar-refractivity contribution in [2.24, 2.45) is 0 Å². The van der Waals surface area contributed by atoms with Gasteiger partial charge in [-0.1, -0.05) is 11.3 Å². The van der Waals surface area contributed by atoms with E-state index >= 15 is 0 Å². The van der Waals surface area contributed by atoms with Gasteiger partial charge in [-0.25, -0.2) is 0 Å². The molecule has 0 amide bonds. The van der Waals surface area contributed by atoms with E-state index in [1.54, 1.807) is 6.20 Å². The van der Waals surface area contributed by atoms with Gasteiger partial charge in [0, 0.05) is 5.38 Å². The van der Waals surface area contributed by atoms with E-state index in [1.165, 1.54) is 16.0 Å². The fourth-order valence-electron chi connectivity index (χ4n) is 0.300. The lowest BCUT2D eigenvalue weighted by Gasteiger charge is -1.77. The average molecular weight is 152 g/mol. The van der Waals surface area contributed by atoms with Crippen LogP contribution < -0.4 is 28.7 Å². The van der Waals surface area contributed by atoms with Gasteiger partial charge in [-0.15, -0.1) is 4.68 Å². The first-order valence-corrected chi connectivity index (χ1v) is 2.68. The molecule has 0 fully saturated rings. The number of hydrogen-bond acceptors (Lipinski definition) is 3. The van der Waals surface area contributed by atoms with Crippen molar-refractivity contribution in [3.05, 3.63) is 11.6 Å². The lowest BCUT2D eigenvalue weighted by Crippen LogP contribution is -3.00. The Kier molecular flexibility index (Phi) is 2.57. The van der Waals surface area contributed by atoms with E-state index in [0.717, 1.165) is 0 Å². The summed E-state index contributed by atoms with van der Waals surface area (Å²) in [7, 11) is 0. The van der Waals surface area contributed by atoms with Crippen molar-refractivity contribution < 1.29 is 17.1 Å². The normalized spacial score (nSPS) is 8.00. The molecule has 8 heavy (non-hydrogen) atoms. The zero-order chi connectivity index (χ0) is 5.28. The summed E-state index contributed by atoms with van der Waals surface area (Å²) < 4.78 is 1.38. The molecular weight excluding hydrogens is 146 g/mol. The van der Waals surface area contributed by atoms with Gasteiger partial charge in [0.1, 0.15) is 6.20 Å². The van der Waals surface area contributed by atoms with Gasteiger partial charge in [-0.3, -0.25) is 11.6 Å². The molecule has 46 valence electrons. The average Bonchev–Trinajstić information content (AvgIpc) is 1.91. The van der Waals surface area contributed by atoms with Crippen LogP contribution in [0, 0.1) is 0 Å². The second-order valence-corrected chi connectivity index (χ2v) is 2.07. The van der Waals surface area contributed by atoms with E-state index in [2.05, 4.69) is 0 Å². The first-order valence-electron chi connectivity index (χ1n) is 1.80. The number of nitrogens with zero attached hydrogens (tertiary/aromatic N) is 1. The van der Waals surface area contributed by atoms with E-state index in [-0.39, 0.29) is 12.4 Å². The molecule has 0 bridgehead atoms. The maximum absolute atomic E-state index is 5.30. The van der Waals surface area contributed by atoms with Gasteiger partial charge in [0.2, 0.25) is 0 Å². The molecule has 1 rings (SSSR count). The van der Waals surface area contributed by atoms with Gasteiger partial charge in [-0.05, 0) is 0 Å². The molecule has 1 aromatic heterocycles. The van der Waals surface area contributed by atoms with Gasteiger partial charge in [0.25, 0.3) is 0 Å². The summed E-state index contributed by atoms with van der Waals surface area (Å²) >= 11 is 1.42. The SMILES string of the molecule is Nc1scc[n+]1N.[Cl-]. The number of halogens is 1. The number of hydrogen-bond donors (Lipinski definition) is 2. The van der Waals surface area contributed by atoms with Gasteiger partial charge < -0.3 is 12.4 Å². The van der Waals surface area contributed by atoms with Crippen molar-refractivity contribution >= 4 is 16.5 Å². The smallest absolute Gasteiger partial charge is 0.354 e. The predicted molar refractivity (Wildman–Crippen MR) is 29.1 cm³/mol. The third kappa shape index (κ3) is 1.24. The van der Waals surface area contributed by atoms with Gasteiger partial charge in [-0.2, -0.15) is 0 Å². The Bertz CT molecular complexity index is 147. The molecule has 4 N–H and O–H groups in total. The molecule has 0 aliphatic carbocycles. The molecule has 1 heterocycles. The summed E-state index contributed by atoms with van der Waals surface area (Å²) in [5.74, 6) is 5.24. The molecule has 0 unspecified atom stereocenters. The molecule has 0 radical (unpaired) electrons. The largest absolute Gasteiger partial charge is 1.00 e. The molecule has 0 aliphatic rings. The highest BCUT2D eigenvalue weighted by Gasteiger charge is 1.96. The summed E-state index contributed by atoms with van der Waals surface area (Å²) in [6.07, 6.45) is 1.71. The van der Waals surface area contributed by atoms with Crippen molar-refractivity contribution in [1.29, 1.82) is 0 Å². The Labute approximate surface area is 57.3 Å². The second kappa shape index (κ2) is 2.74. The Morgan fingerprint density at radius 2 is 2.25 bits per heavy atom. The summed E-state index contributed by atoms with van der Waals surface area (Å²) in [5.41, 5.74) is 5.30. The highest BCUT2D eigenvalue weighted by molar-refractivity contribution is 7.12. The third-order valence-electron chi connectivity index (χ3n) is 0.665. The van der Waals surface area contributed by atoms with Crippen LogP contribution in [0.15, 0.2) is 11.6 Å². The molecule has 5 heteroatoms. The fourth-order valence-corrected chi connectivity index (χ4v) is 0.814. The maximum atomic E-state index is 5.30. The number of anilines is 1. The molecule has 0 atom stereocenters. The van der Waals surface area contributed by atoms with Gasteiger partial charge >= 0.3 is 5.13 Å². The predicted octanol–water partition coefficient (Wildman–Crippen LogP) is -3.66. The molecule has 0 spiro atoms. The van der Waals surface area contributed by atoms with Crippen molar-refractivity contribution in [2.75, 3.05) is 11.6 Å². The minimum atomic E-state index is 0. The first kappa shape index (κ1) is 7.52. The molecule has 0 aromatic carbocycles. The molecule has 1 aromatic rings. The summed E-state index contributed by atoms with van der Waals surface area (Å²) in [6.45, 7) is 0. The van der Waals surface area contributed by atoms with Crippen LogP contribution in [0.5, 0.6) is 0 Å². The number of nitrogen functional groups attached to an aromatic ring is 2. The van der Waals surface area contributed by atoms with E-state index in [1.807, 2.05) is 5.38 Å². The molecule has 0 saturated heterocycles. The van der Waals surface area contributed by atoms with Crippen LogP contribution in [0.3, 0.4) is 0 Å². The van der Waals surface area contributed by atoms with Crippen LogP contribution in [-0.4, -0.2) is 0 Å². The summed E-state index contributed by atoms with van der Waals surface area (Å²) in [4.78, 5) is 0. The first-order chi connectivity index (χ1) is 3.30. The number of nitrogens with two attached hydrogens (primary N) is 2. The summed E-state index contributed by atoms with van der Waals surface area (Å²) in [5, 5.41) is 2.45. The quantitative estimate of drug-likeness (QED) is 0.297. The summed E-state index contributed by atoms with van der Waals surface area (Å²) in [6, 6.07) is 0. The molecular formula is C3H6ClN3S. The van der Waals surface area contributed by atoms with Crippen LogP contribution in [0.4, 0.5) is 5.13 Å². The Balaban J connectivity index is 0.000000490. The van der Waals surface area contributed by atoms with Crippen LogP contribution in [0.25, 0.3) is 0 Å². The minimum absolute atomic E-state index is 0. The third-order valence-corrected chi connectivity index (χ3v) is 1.37. The topological polar surface area (TPSA) is 55.9 Å². The van der Waals surface area contributed by atoms with Crippen molar-refractivity contribution in [2.45, 2.75) is 0 Å². The van der Waals surface area contributed by atoms with E-state index in [9.17, 15) is 0 Å². The van der Waals surface area contributed by atoms with E-state index in [0.29, 0.717) is 5.13 Å². The van der Waals surface area contributed by atoms with Crippen LogP contribution in [0.1, 0.15) is 0 Å². The van der Waals surface area contributed by atoms with E-state index < -0.39 is 0 Å². The number of aromatic nitrogens is 1. The highest BCUT2D eigenvalue weighted by atomic mass is 35.5. The monoisotopic (exact) mass is 151 g/mol. The molecule has 0 aliphatic heterocycles.